The molecule has 1 aliphatic carbocycles. The van der Waals surface area contributed by atoms with Gasteiger partial charge in [0.05, 0.1) is 0 Å². The molecule has 3 aliphatic rings. The first-order valence-corrected chi connectivity index (χ1v) is 10.8. The number of amidine groups is 1. The smallest absolute Gasteiger partial charge is 0.422 e. The Morgan fingerprint density at radius 2 is 2.07 bits per heavy atom. The lowest BCUT2D eigenvalue weighted by atomic mass is 9.92. The van der Waals surface area contributed by atoms with E-state index in [1.807, 2.05) is 6.92 Å². The van der Waals surface area contributed by atoms with Crippen LogP contribution in [0.3, 0.4) is 0 Å². The number of piperidine rings is 1. The minimum atomic E-state index is -4.41. The van der Waals surface area contributed by atoms with Crippen molar-refractivity contribution >= 4 is 29.4 Å². The number of nitrogens with zero attached hydrogens (tertiary/aromatic N) is 5. The maximum Gasteiger partial charge on any atom is 0.422 e. The van der Waals surface area contributed by atoms with Gasteiger partial charge in [0.15, 0.2) is 23.5 Å². The van der Waals surface area contributed by atoms with Gasteiger partial charge < -0.3 is 14.8 Å². The fourth-order valence-electron chi connectivity index (χ4n) is 4.55. The summed E-state index contributed by atoms with van der Waals surface area (Å²) in [6.45, 7) is 2.49. The van der Waals surface area contributed by atoms with Gasteiger partial charge in [-0.1, -0.05) is 0 Å². The summed E-state index contributed by atoms with van der Waals surface area (Å²) in [5.41, 5.74) is 0.392. The number of aliphatic imine (C=N–C) groups is 1. The number of rotatable bonds is 5. The van der Waals surface area contributed by atoms with Crippen molar-refractivity contribution in [3.8, 4) is 5.75 Å². The highest BCUT2D eigenvalue weighted by Crippen LogP contribution is 2.40. The first kappa shape index (κ1) is 19.7. The zero-order valence-corrected chi connectivity index (χ0v) is 17.1. The maximum absolute atomic E-state index is 12.5. The van der Waals surface area contributed by atoms with E-state index in [4.69, 9.17) is 4.74 Å². The highest BCUT2D eigenvalue weighted by atomic mass is 32.2. The molecule has 1 saturated carbocycles. The first-order chi connectivity index (χ1) is 14.4. The van der Waals surface area contributed by atoms with E-state index in [0.717, 1.165) is 31.8 Å². The number of alkyl halides is 3. The van der Waals surface area contributed by atoms with Crippen LogP contribution in [0.25, 0.3) is 5.65 Å². The van der Waals surface area contributed by atoms with Gasteiger partial charge in [-0.3, -0.25) is 4.90 Å². The standard InChI is InChI=1S/C18H22F3N7OS/c1-10-22-17(30-26-10)27-7-11-4-5-12(8-27)14(11)23-16-24-15-13(29-9-18(19,20)21)3-2-6-28(15)25-16/h2-3,6,11-12,14,17H,4-5,7-9H2,1H3,(H,22,26)(H,23,25)/t11-,12+,14?,17?. The first-order valence-electron chi connectivity index (χ1n) is 9.87. The van der Waals surface area contributed by atoms with Gasteiger partial charge in [0.25, 0.3) is 0 Å². The number of fused-ring (bicyclic) bond motifs is 3. The zero-order chi connectivity index (χ0) is 20.9. The summed E-state index contributed by atoms with van der Waals surface area (Å²) in [4.78, 5) is 11.5. The Kier molecular flexibility index (Phi) is 4.92. The van der Waals surface area contributed by atoms with Gasteiger partial charge in [0.1, 0.15) is 5.84 Å². The molecule has 5 rings (SSSR count). The second-order valence-electron chi connectivity index (χ2n) is 7.96. The van der Waals surface area contributed by atoms with Crippen molar-refractivity contribution in [2.24, 2.45) is 16.8 Å². The molecule has 2 aliphatic heterocycles. The maximum atomic E-state index is 12.5. The second-order valence-corrected chi connectivity index (χ2v) is 8.82. The van der Waals surface area contributed by atoms with Crippen LogP contribution in [0.4, 0.5) is 19.1 Å². The third kappa shape index (κ3) is 3.89. The summed E-state index contributed by atoms with van der Waals surface area (Å²) >= 11 is 1.63. The molecule has 2 aromatic rings. The molecule has 2 fully saturated rings. The van der Waals surface area contributed by atoms with E-state index < -0.39 is 12.8 Å². The van der Waals surface area contributed by atoms with Crippen LogP contribution in [0.5, 0.6) is 5.75 Å². The molecular formula is C18H22F3N7OS. The SMILES string of the molecule is CC1=NC(N2C[C@H]3CC[C@@H](C2)C3Nc2nc3c(OCC(F)(F)F)cccn3n2)SN1. The molecule has 0 spiro atoms. The molecular weight excluding hydrogens is 419 g/mol. The van der Waals surface area contributed by atoms with E-state index in [2.05, 4.69) is 30.0 Å². The number of aromatic nitrogens is 3. The van der Waals surface area contributed by atoms with Crippen molar-refractivity contribution in [1.29, 1.82) is 0 Å². The zero-order valence-electron chi connectivity index (χ0n) is 16.3. The number of pyridine rings is 1. The van der Waals surface area contributed by atoms with E-state index in [1.165, 1.54) is 10.6 Å². The Morgan fingerprint density at radius 1 is 1.30 bits per heavy atom. The molecule has 0 radical (unpaired) electrons. The van der Waals surface area contributed by atoms with Crippen molar-refractivity contribution in [1.82, 2.24) is 24.2 Å². The van der Waals surface area contributed by atoms with Crippen LogP contribution in [-0.2, 0) is 0 Å². The highest BCUT2D eigenvalue weighted by molar-refractivity contribution is 7.98. The third-order valence-corrected chi connectivity index (χ3v) is 6.83. The minimum absolute atomic E-state index is 0.0622. The van der Waals surface area contributed by atoms with Gasteiger partial charge >= 0.3 is 6.18 Å². The van der Waals surface area contributed by atoms with Crippen molar-refractivity contribution in [2.45, 2.75) is 37.5 Å². The number of hydrogen-bond acceptors (Lipinski definition) is 8. The van der Waals surface area contributed by atoms with Gasteiger partial charge in [-0.05, 0) is 55.7 Å². The van der Waals surface area contributed by atoms with E-state index >= 15 is 0 Å². The lowest BCUT2D eigenvalue weighted by Crippen LogP contribution is -2.50. The quantitative estimate of drug-likeness (QED) is 0.691. The fourth-order valence-corrected chi connectivity index (χ4v) is 5.41. The monoisotopic (exact) mass is 441 g/mol. The molecule has 2 unspecified atom stereocenters. The molecule has 2 N–H and O–H groups in total. The highest BCUT2D eigenvalue weighted by Gasteiger charge is 2.44. The van der Waals surface area contributed by atoms with Gasteiger partial charge in [-0.15, -0.1) is 5.10 Å². The molecule has 4 heterocycles. The molecule has 8 nitrogen and oxygen atoms in total. The van der Waals surface area contributed by atoms with Crippen molar-refractivity contribution in [2.75, 3.05) is 25.0 Å². The van der Waals surface area contributed by atoms with E-state index in [0.29, 0.717) is 17.8 Å². The molecule has 0 amide bonds. The Morgan fingerprint density at radius 3 is 2.73 bits per heavy atom. The van der Waals surface area contributed by atoms with Crippen molar-refractivity contribution in [3.05, 3.63) is 18.3 Å². The molecule has 2 aromatic heterocycles. The number of ether oxygens (including phenoxy) is 1. The molecule has 1 saturated heterocycles. The number of hydrogen-bond donors (Lipinski definition) is 2. The third-order valence-electron chi connectivity index (χ3n) is 5.80. The molecule has 12 heteroatoms. The summed E-state index contributed by atoms with van der Waals surface area (Å²) in [6, 6.07) is 3.30. The molecule has 162 valence electrons. The number of halogens is 3. The van der Waals surface area contributed by atoms with E-state index in [9.17, 15) is 13.2 Å². The summed E-state index contributed by atoms with van der Waals surface area (Å²) in [5, 5.41) is 7.84. The van der Waals surface area contributed by atoms with Crippen LogP contribution in [0.15, 0.2) is 23.3 Å². The Hall–Kier alpha value is -2.21. The van der Waals surface area contributed by atoms with E-state index in [1.54, 1.807) is 24.2 Å². The Balaban J connectivity index is 1.29. The van der Waals surface area contributed by atoms with Crippen molar-refractivity contribution < 1.29 is 17.9 Å². The van der Waals surface area contributed by atoms with Gasteiger partial charge in [0.2, 0.25) is 5.95 Å². The minimum Gasteiger partial charge on any atom is -0.480 e. The predicted octanol–water partition coefficient (Wildman–Crippen LogP) is 2.75. The van der Waals surface area contributed by atoms with Crippen LogP contribution in [-0.4, -0.2) is 62.7 Å². The largest absolute Gasteiger partial charge is 0.480 e. The summed E-state index contributed by atoms with van der Waals surface area (Å²) in [5.74, 6) is 2.34. The predicted molar refractivity (Wildman–Crippen MR) is 107 cm³/mol. The van der Waals surface area contributed by atoms with Gasteiger partial charge in [-0.2, -0.15) is 18.2 Å². The topological polar surface area (TPSA) is 79.1 Å². The number of anilines is 1. The molecule has 30 heavy (non-hydrogen) atoms. The summed E-state index contributed by atoms with van der Waals surface area (Å²) in [6.07, 6.45) is -0.508. The number of likely N-dealkylation sites (tertiary alicyclic amines) is 1. The molecule has 4 atom stereocenters. The normalized spacial score (nSPS) is 29.1. The van der Waals surface area contributed by atoms with Gasteiger partial charge in [0, 0.05) is 25.3 Å². The Labute approximate surface area is 175 Å². The Bertz CT molecular complexity index is 951. The van der Waals surface area contributed by atoms with Crippen LogP contribution in [0.2, 0.25) is 0 Å². The number of nitrogens with one attached hydrogen (secondary N) is 2. The second kappa shape index (κ2) is 7.49. The summed E-state index contributed by atoms with van der Waals surface area (Å²) in [7, 11) is 0. The summed E-state index contributed by atoms with van der Waals surface area (Å²) < 4.78 is 47.1. The van der Waals surface area contributed by atoms with Gasteiger partial charge in [-0.25, -0.2) is 9.51 Å². The van der Waals surface area contributed by atoms with Crippen LogP contribution in [0, 0.1) is 11.8 Å². The average molecular weight is 441 g/mol. The van der Waals surface area contributed by atoms with E-state index in [-0.39, 0.29) is 22.9 Å². The van der Waals surface area contributed by atoms with Crippen LogP contribution < -0.4 is 14.8 Å². The van der Waals surface area contributed by atoms with Crippen LogP contribution in [0.1, 0.15) is 19.8 Å². The lowest BCUT2D eigenvalue weighted by molar-refractivity contribution is -0.153. The van der Waals surface area contributed by atoms with Crippen molar-refractivity contribution in [3.63, 3.8) is 0 Å². The average Bonchev–Trinajstić information content (AvgIpc) is 3.36. The molecule has 2 bridgehead atoms. The van der Waals surface area contributed by atoms with Crippen LogP contribution >= 0.6 is 11.9 Å². The fraction of sp³-hybridized carbons (Fsp3) is 0.611. The lowest BCUT2D eigenvalue weighted by Gasteiger charge is -2.39. The molecule has 0 aromatic carbocycles.